The molecule has 114 valence electrons. The van der Waals surface area contributed by atoms with Crippen LogP contribution in [0.3, 0.4) is 0 Å². The SMILES string of the molecule is CCCBr.CCCN/C=C/C(C)C(C=N)C(F)(F)F. The Morgan fingerprint density at radius 1 is 1.26 bits per heavy atom. The van der Waals surface area contributed by atoms with Crippen LogP contribution in [0.5, 0.6) is 0 Å². The summed E-state index contributed by atoms with van der Waals surface area (Å²) in [6.07, 6.45) is 1.24. The summed E-state index contributed by atoms with van der Waals surface area (Å²) in [5, 5.41) is 10.8. The van der Waals surface area contributed by atoms with Crippen molar-refractivity contribution < 1.29 is 13.2 Å². The van der Waals surface area contributed by atoms with E-state index in [0.29, 0.717) is 6.21 Å². The van der Waals surface area contributed by atoms with E-state index in [0.717, 1.165) is 18.3 Å². The van der Waals surface area contributed by atoms with E-state index in [9.17, 15) is 13.2 Å². The molecule has 6 heteroatoms. The first-order chi connectivity index (χ1) is 8.84. The third-order valence-corrected chi connectivity index (χ3v) is 3.02. The van der Waals surface area contributed by atoms with E-state index in [1.807, 2.05) is 6.92 Å². The summed E-state index contributed by atoms with van der Waals surface area (Å²) >= 11 is 3.25. The van der Waals surface area contributed by atoms with Gasteiger partial charge in [0, 0.05) is 18.1 Å². The Labute approximate surface area is 122 Å². The van der Waals surface area contributed by atoms with Crippen molar-refractivity contribution in [3.8, 4) is 0 Å². The van der Waals surface area contributed by atoms with Crippen LogP contribution < -0.4 is 5.32 Å². The summed E-state index contributed by atoms with van der Waals surface area (Å²) < 4.78 is 37.0. The fourth-order valence-electron chi connectivity index (χ4n) is 1.11. The fraction of sp³-hybridized carbons (Fsp3) is 0.769. The van der Waals surface area contributed by atoms with Crippen molar-refractivity contribution in [1.82, 2.24) is 5.32 Å². The molecule has 0 rings (SSSR count). The van der Waals surface area contributed by atoms with Crippen LogP contribution in [0.25, 0.3) is 0 Å². The summed E-state index contributed by atoms with van der Waals surface area (Å²) in [5.41, 5.74) is 0. The van der Waals surface area contributed by atoms with Crippen molar-refractivity contribution >= 4 is 22.1 Å². The molecule has 2 unspecified atom stereocenters. The molecule has 0 saturated heterocycles. The number of rotatable bonds is 7. The van der Waals surface area contributed by atoms with Gasteiger partial charge in [-0.05, 0) is 25.0 Å². The zero-order valence-corrected chi connectivity index (χ0v) is 13.3. The minimum atomic E-state index is -4.34. The van der Waals surface area contributed by atoms with Gasteiger partial charge in [0.15, 0.2) is 0 Å². The number of hydrogen-bond acceptors (Lipinski definition) is 2. The lowest BCUT2D eigenvalue weighted by atomic mass is 9.94. The maximum Gasteiger partial charge on any atom is 0.397 e. The van der Waals surface area contributed by atoms with Crippen LogP contribution in [0, 0.1) is 17.2 Å². The van der Waals surface area contributed by atoms with E-state index in [4.69, 9.17) is 5.41 Å². The second-order valence-corrected chi connectivity index (χ2v) is 4.89. The summed E-state index contributed by atoms with van der Waals surface area (Å²) in [6, 6.07) is 0. The Kier molecular flexibility index (Phi) is 13.7. The fourth-order valence-corrected chi connectivity index (χ4v) is 1.11. The Morgan fingerprint density at radius 3 is 2.11 bits per heavy atom. The highest BCUT2D eigenvalue weighted by molar-refractivity contribution is 9.09. The van der Waals surface area contributed by atoms with Crippen molar-refractivity contribution in [2.45, 2.75) is 39.8 Å². The van der Waals surface area contributed by atoms with Crippen LogP contribution in [0.4, 0.5) is 13.2 Å². The highest BCUT2D eigenvalue weighted by atomic mass is 79.9. The number of hydrogen-bond donors (Lipinski definition) is 2. The number of allylic oxidation sites excluding steroid dienone is 1. The average molecular weight is 345 g/mol. The van der Waals surface area contributed by atoms with E-state index in [2.05, 4.69) is 28.2 Å². The predicted octanol–water partition coefficient (Wildman–Crippen LogP) is 4.76. The van der Waals surface area contributed by atoms with Crippen LogP contribution in [0.2, 0.25) is 0 Å². The van der Waals surface area contributed by atoms with Gasteiger partial charge in [-0.1, -0.05) is 42.8 Å². The number of halogens is 4. The van der Waals surface area contributed by atoms with E-state index in [-0.39, 0.29) is 0 Å². The van der Waals surface area contributed by atoms with Crippen molar-refractivity contribution in [1.29, 1.82) is 5.41 Å². The Morgan fingerprint density at radius 2 is 1.79 bits per heavy atom. The second-order valence-electron chi connectivity index (χ2n) is 4.10. The lowest BCUT2D eigenvalue weighted by Gasteiger charge is -2.19. The van der Waals surface area contributed by atoms with E-state index < -0.39 is 18.0 Å². The lowest BCUT2D eigenvalue weighted by molar-refractivity contribution is -0.161. The van der Waals surface area contributed by atoms with Crippen molar-refractivity contribution in [3.05, 3.63) is 12.3 Å². The molecule has 0 aromatic heterocycles. The molecule has 0 fully saturated rings. The molecule has 0 aliphatic rings. The number of nitrogens with one attached hydrogen (secondary N) is 2. The summed E-state index contributed by atoms with van der Waals surface area (Å²) in [6.45, 7) is 6.30. The van der Waals surface area contributed by atoms with E-state index >= 15 is 0 Å². The van der Waals surface area contributed by atoms with Gasteiger partial charge in [0.25, 0.3) is 0 Å². The van der Waals surface area contributed by atoms with Gasteiger partial charge in [0.05, 0.1) is 5.92 Å². The van der Waals surface area contributed by atoms with Gasteiger partial charge in [0.2, 0.25) is 0 Å². The molecule has 0 aliphatic heterocycles. The first kappa shape index (κ1) is 20.8. The van der Waals surface area contributed by atoms with Gasteiger partial charge in [-0.25, -0.2) is 0 Å². The monoisotopic (exact) mass is 344 g/mol. The van der Waals surface area contributed by atoms with Crippen LogP contribution >= 0.6 is 15.9 Å². The molecule has 0 heterocycles. The van der Waals surface area contributed by atoms with Gasteiger partial charge < -0.3 is 10.7 Å². The quantitative estimate of drug-likeness (QED) is 0.390. The van der Waals surface area contributed by atoms with Crippen molar-refractivity contribution in [2.75, 3.05) is 11.9 Å². The second kappa shape index (κ2) is 12.5. The Hall–Kier alpha value is -0.520. The molecule has 2 nitrogen and oxygen atoms in total. The highest BCUT2D eigenvalue weighted by Crippen LogP contribution is 2.30. The first-order valence-corrected chi connectivity index (χ1v) is 7.50. The van der Waals surface area contributed by atoms with Crippen LogP contribution in [0.15, 0.2) is 12.3 Å². The lowest BCUT2D eigenvalue weighted by Crippen LogP contribution is -2.29. The van der Waals surface area contributed by atoms with Crippen LogP contribution in [-0.2, 0) is 0 Å². The molecule has 19 heavy (non-hydrogen) atoms. The molecule has 0 aromatic rings. The third-order valence-electron chi connectivity index (χ3n) is 2.22. The highest BCUT2D eigenvalue weighted by Gasteiger charge is 2.40. The van der Waals surface area contributed by atoms with E-state index in [1.165, 1.54) is 25.6 Å². The zero-order valence-electron chi connectivity index (χ0n) is 11.7. The maximum absolute atomic E-state index is 12.3. The zero-order chi connectivity index (χ0) is 15.3. The molecule has 0 aromatic carbocycles. The largest absolute Gasteiger partial charge is 0.397 e. The third kappa shape index (κ3) is 12.3. The van der Waals surface area contributed by atoms with Crippen LogP contribution in [-0.4, -0.2) is 24.3 Å². The minimum absolute atomic E-state index is 0.453. The Balaban J connectivity index is 0. The standard InChI is InChI=1S/C10H17F3N2.C3H7Br/c1-3-5-15-6-4-8(2)9(7-14)10(11,12)13;1-2-3-4/h4,6-9,14-15H,3,5H2,1-2H3;2-3H2,1H3/b6-4+,14-7?;. The van der Waals surface area contributed by atoms with Gasteiger partial charge in [-0.3, -0.25) is 0 Å². The molecule has 0 radical (unpaired) electrons. The molecular weight excluding hydrogens is 321 g/mol. The Bertz CT molecular complexity index is 241. The molecule has 2 atom stereocenters. The summed E-state index contributed by atoms with van der Waals surface area (Å²) in [5.74, 6) is -2.41. The van der Waals surface area contributed by atoms with Gasteiger partial charge >= 0.3 is 6.18 Å². The van der Waals surface area contributed by atoms with Crippen molar-refractivity contribution in [2.24, 2.45) is 11.8 Å². The summed E-state index contributed by atoms with van der Waals surface area (Å²) in [7, 11) is 0. The molecule has 0 spiro atoms. The van der Waals surface area contributed by atoms with E-state index in [1.54, 1.807) is 0 Å². The smallest absolute Gasteiger partial charge is 0.391 e. The van der Waals surface area contributed by atoms with Crippen molar-refractivity contribution in [3.63, 3.8) is 0 Å². The molecule has 0 bridgehead atoms. The van der Waals surface area contributed by atoms with Crippen LogP contribution in [0.1, 0.15) is 33.6 Å². The maximum atomic E-state index is 12.3. The molecular formula is C13H24BrF3N2. The topological polar surface area (TPSA) is 35.9 Å². The van der Waals surface area contributed by atoms with Gasteiger partial charge in [0.1, 0.15) is 0 Å². The minimum Gasteiger partial charge on any atom is -0.391 e. The average Bonchev–Trinajstić information content (AvgIpc) is 2.34. The summed E-state index contributed by atoms with van der Waals surface area (Å²) in [4.78, 5) is 0. The van der Waals surface area contributed by atoms with Gasteiger partial charge in [-0.15, -0.1) is 0 Å². The predicted molar refractivity (Wildman–Crippen MR) is 79.0 cm³/mol. The normalized spacial score (nSPS) is 14.5. The molecule has 0 aliphatic carbocycles. The van der Waals surface area contributed by atoms with Gasteiger partial charge in [-0.2, -0.15) is 13.2 Å². The molecule has 0 amide bonds. The molecule has 0 saturated carbocycles. The first-order valence-electron chi connectivity index (χ1n) is 6.38. The molecule has 2 N–H and O–H groups in total. The number of alkyl halides is 4.